The van der Waals surface area contributed by atoms with E-state index < -0.39 is 5.82 Å². The fourth-order valence-electron chi connectivity index (χ4n) is 2.15. The molecule has 0 amide bonds. The molecule has 1 saturated heterocycles. The van der Waals surface area contributed by atoms with E-state index in [0.717, 1.165) is 48.7 Å². The van der Waals surface area contributed by atoms with Gasteiger partial charge in [-0.2, -0.15) is 0 Å². The van der Waals surface area contributed by atoms with E-state index >= 15 is 0 Å². The van der Waals surface area contributed by atoms with Gasteiger partial charge in [-0.25, -0.2) is 24.3 Å². The molecule has 1 aliphatic heterocycles. The summed E-state index contributed by atoms with van der Waals surface area (Å²) in [6.45, 7) is 1.60. The topological polar surface area (TPSA) is 64.0 Å². The van der Waals surface area contributed by atoms with E-state index in [0.29, 0.717) is 0 Å². The van der Waals surface area contributed by atoms with E-state index in [1.54, 1.807) is 12.4 Å². The van der Waals surface area contributed by atoms with Crippen LogP contribution in [0.1, 0.15) is 12.8 Å². The Morgan fingerprint density at radius 3 is 2.29 bits per heavy atom. The Labute approximate surface area is 129 Å². The summed E-state index contributed by atoms with van der Waals surface area (Å²) < 4.78 is 19.2. The summed E-state index contributed by atoms with van der Waals surface area (Å²) in [4.78, 5) is 18.3. The van der Waals surface area contributed by atoms with Crippen LogP contribution in [0.15, 0.2) is 29.3 Å². The molecule has 21 heavy (non-hydrogen) atoms. The Hall–Kier alpha value is -1.83. The molecule has 2 aromatic heterocycles. The Morgan fingerprint density at radius 2 is 1.67 bits per heavy atom. The highest BCUT2D eigenvalue weighted by Gasteiger charge is 2.22. The fraction of sp³-hybridized carbons (Fsp3) is 0.385. The quantitative estimate of drug-likeness (QED) is 0.842. The Bertz CT molecular complexity index is 587. The first-order chi connectivity index (χ1) is 10.2. The van der Waals surface area contributed by atoms with Crippen molar-refractivity contribution in [1.29, 1.82) is 0 Å². The van der Waals surface area contributed by atoms with Crippen LogP contribution in [-0.4, -0.2) is 39.1 Å². The summed E-state index contributed by atoms with van der Waals surface area (Å²) in [5.74, 6) is 0.249. The second-order valence-corrected chi connectivity index (χ2v) is 5.61. The Kier molecular flexibility index (Phi) is 4.23. The van der Waals surface area contributed by atoms with Crippen molar-refractivity contribution < 1.29 is 9.13 Å². The zero-order valence-electron chi connectivity index (χ0n) is 11.1. The van der Waals surface area contributed by atoms with Crippen LogP contribution in [-0.2, 0) is 0 Å². The van der Waals surface area contributed by atoms with Gasteiger partial charge in [-0.15, -0.1) is 0 Å². The molecule has 1 fully saturated rings. The average molecular weight is 354 g/mol. The van der Waals surface area contributed by atoms with E-state index in [-0.39, 0.29) is 12.1 Å². The van der Waals surface area contributed by atoms with Gasteiger partial charge in [0.25, 0.3) is 0 Å². The van der Waals surface area contributed by atoms with Crippen LogP contribution in [0.25, 0.3) is 0 Å². The minimum Gasteiger partial charge on any atom is -0.460 e. The summed E-state index contributed by atoms with van der Waals surface area (Å²) in [5, 5.41) is 0. The lowest BCUT2D eigenvalue weighted by atomic mass is 10.1. The van der Waals surface area contributed by atoms with Gasteiger partial charge < -0.3 is 9.64 Å². The van der Waals surface area contributed by atoms with Crippen molar-refractivity contribution in [2.24, 2.45) is 0 Å². The molecule has 110 valence electrons. The standard InChI is InChI=1S/C13H13BrFN5O/c14-9-5-16-12(17-6-9)20-3-1-11(2-4-20)21-13-18-7-10(15)8-19-13/h5-8,11H,1-4H2. The molecule has 0 radical (unpaired) electrons. The molecule has 6 nitrogen and oxygen atoms in total. The molecule has 8 heteroatoms. The number of rotatable bonds is 3. The molecule has 0 aromatic carbocycles. The van der Waals surface area contributed by atoms with Gasteiger partial charge in [0.05, 0.1) is 16.9 Å². The van der Waals surface area contributed by atoms with Crippen molar-refractivity contribution in [2.45, 2.75) is 18.9 Å². The third-order valence-electron chi connectivity index (χ3n) is 3.20. The highest BCUT2D eigenvalue weighted by molar-refractivity contribution is 9.10. The minimum atomic E-state index is -0.468. The first kappa shape index (κ1) is 14.1. The van der Waals surface area contributed by atoms with Gasteiger partial charge in [-0.3, -0.25) is 0 Å². The normalized spacial score (nSPS) is 16.0. The van der Waals surface area contributed by atoms with Gasteiger partial charge in [0, 0.05) is 38.3 Å². The predicted octanol–water partition coefficient (Wildman–Crippen LogP) is 2.22. The largest absolute Gasteiger partial charge is 0.460 e. The van der Waals surface area contributed by atoms with Crippen LogP contribution in [0.4, 0.5) is 10.3 Å². The molecular weight excluding hydrogens is 341 g/mol. The lowest BCUT2D eigenvalue weighted by Crippen LogP contribution is -2.39. The smallest absolute Gasteiger partial charge is 0.316 e. The summed E-state index contributed by atoms with van der Waals surface area (Å²) in [6.07, 6.45) is 7.34. The van der Waals surface area contributed by atoms with Crippen LogP contribution < -0.4 is 9.64 Å². The van der Waals surface area contributed by atoms with E-state index in [1.807, 2.05) is 0 Å². The Morgan fingerprint density at radius 1 is 1.05 bits per heavy atom. The zero-order valence-corrected chi connectivity index (χ0v) is 12.7. The maximum absolute atomic E-state index is 12.7. The van der Waals surface area contributed by atoms with E-state index in [4.69, 9.17) is 4.74 Å². The number of halogens is 2. The van der Waals surface area contributed by atoms with Gasteiger partial charge >= 0.3 is 6.01 Å². The van der Waals surface area contributed by atoms with Crippen molar-refractivity contribution in [3.8, 4) is 6.01 Å². The van der Waals surface area contributed by atoms with E-state index in [9.17, 15) is 4.39 Å². The third kappa shape index (κ3) is 3.63. The van der Waals surface area contributed by atoms with Gasteiger partial charge in [0.2, 0.25) is 5.95 Å². The molecule has 0 N–H and O–H groups in total. The molecule has 0 aliphatic carbocycles. The molecular formula is C13H13BrFN5O. The molecule has 0 spiro atoms. The number of piperidine rings is 1. The van der Waals surface area contributed by atoms with Crippen molar-refractivity contribution in [3.63, 3.8) is 0 Å². The lowest BCUT2D eigenvalue weighted by molar-refractivity contribution is 0.155. The number of hydrogen-bond donors (Lipinski definition) is 0. The Balaban J connectivity index is 1.55. The molecule has 3 heterocycles. The molecule has 1 aliphatic rings. The molecule has 0 atom stereocenters. The number of nitrogens with zero attached hydrogens (tertiary/aromatic N) is 5. The van der Waals surface area contributed by atoms with Crippen LogP contribution in [0, 0.1) is 5.82 Å². The monoisotopic (exact) mass is 353 g/mol. The van der Waals surface area contributed by atoms with E-state index in [1.165, 1.54) is 0 Å². The molecule has 0 unspecified atom stereocenters. The molecule has 0 bridgehead atoms. The van der Waals surface area contributed by atoms with Gasteiger partial charge in [-0.1, -0.05) is 0 Å². The number of hydrogen-bond acceptors (Lipinski definition) is 6. The SMILES string of the molecule is Fc1cnc(OC2CCN(c3ncc(Br)cn3)CC2)nc1. The second-order valence-electron chi connectivity index (χ2n) is 4.69. The first-order valence-electron chi connectivity index (χ1n) is 6.57. The highest BCUT2D eigenvalue weighted by Crippen LogP contribution is 2.19. The number of ether oxygens (including phenoxy) is 1. The van der Waals surface area contributed by atoms with Gasteiger partial charge in [-0.05, 0) is 15.9 Å². The minimum absolute atomic E-state index is 0.0298. The van der Waals surface area contributed by atoms with Crippen LogP contribution in [0.2, 0.25) is 0 Å². The van der Waals surface area contributed by atoms with Crippen molar-refractivity contribution in [1.82, 2.24) is 19.9 Å². The highest BCUT2D eigenvalue weighted by atomic mass is 79.9. The number of anilines is 1. The summed E-state index contributed by atoms with van der Waals surface area (Å²) >= 11 is 3.32. The second kappa shape index (κ2) is 6.30. The first-order valence-corrected chi connectivity index (χ1v) is 7.37. The third-order valence-corrected chi connectivity index (χ3v) is 3.61. The van der Waals surface area contributed by atoms with Gasteiger partial charge in [0.1, 0.15) is 6.10 Å². The van der Waals surface area contributed by atoms with Crippen molar-refractivity contribution in [3.05, 3.63) is 35.1 Å². The van der Waals surface area contributed by atoms with E-state index in [2.05, 4.69) is 40.8 Å². The molecule has 0 saturated carbocycles. The molecule has 3 rings (SSSR count). The van der Waals surface area contributed by atoms with Crippen LogP contribution in [0.5, 0.6) is 6.01 Å². The summed E-state index contributed by atoms with van der Waals surface area (Å²) in [5.41, 5.74) is 0. The maximum Gasteiger partial charge on any atom is 0.316 e. The van der Waals surface area contributed by atoms with Gasteiger partial charge in [0.15, 0.2) is 5.82 Å². The fourth-order valence-corrected chi connectivity index (χ4v) is 2.36. The summed E-state index contributed by atoms with van der Waals surface area (Å²) in [7, 11) is 0. The van der Waals surface area contributed by atoms with Crippen molar-refractivity contribution in [2.75, 3.05) is 18.0 Å². The lowest BCUT2D eigenvalue weighted by Gasteiger charge is -2.31. The average Bonchev–Trinajstić information content (AvgIpc) is 2.51. The maximum atomic E-state index is 12.7. The predicted molar refractivity (Wildman–Crippen MR) is 77.6 cm³/mol. The zero-order chi connectivity index (χ0) is 14.7. The van der Waals surface area contributed by atoms with Crippen LogP contribution >= 0.6 is 15.9 Å². The molecule has 2 aromatic rings. The summed E-state index contributed by atoms with van der Waals surface area (Å²) in [6, 6.07) is 0.217. The van der Waals surface area contributed by atoms with Crippen molar-refractivity contribution >= 4 is 21.9 Å². The van der Waals surface area contributed by atoms with Crippen LogP contribution in [0.3, 0.4) is 0 Å². The number of aromatic nitrogens is 4.